The van der Waals surface area contributed by atoms with Gasteiger partial charge < -0.3 is 0 Å². The molecule has 0 saturated carbocycles. The van der Waals surface area contributed by atoms with Crippen molar-refractivity contribution < 1.29 is 0 Å². The SMILES string of the molecule is CC(C)C1=CC=CC1.CC(C)c1nccs1. The molecule has 0 amide bonds. The molecule has 0 unspecified atom stereocenters. The van der Waals surface area contributed by atoms with Gasteiger partial charge in [-0.3, -0.25) is 0 Å². The molecule has 0 radical (unpaired) electrons. The lowest BCUT2D eigenvalue weighted by molar-refractivity contribution is 0.753. The second kappa shape index (κ2) is 6.64. The first-order valence-corrected chi connectivity index (χ1v) is 6.74. The molecule has 16 heavy (non-hydrogen) atoms. The summed E-state index contributed by atoms with van der Waals surface area (Å²) in [6.07, 6.45) is 9.58. The van der Waals surface area contributed by atoms with E-state index in [-0.39, 0.29) is 0 Å². The Kier molecular flexibility index (Phi) is 5.47. The van der Waals surface area contributed by atoms with Gasteiger partial charge in [0.05, 0.1) is 5.01 Å². The molecule has 0 fully saturated rings. The van der Waals surface area contributed by atoms with Crippen LogP contribution in [0.5, 0.6) is 0 Å². The highest BCUT2D eigenvalue weighted by molar-refractivity contribution is 7.09. The first-order chi connectivity index (χ1) is 7.61. The molecule has 1 aliphatic rings. The Morgan fingerprint density at radius 2 is 1.94 bits per heavy atom. The van der Waals surface area contributed by atoms with E-state index in [1.165, 1.54) is 11.4 Å². The number of hydrogen-bond acceptors (Lipinski definition) is 2. The van der Waals surface area contributed by atoms with Crippen molar-refractivity contribution in [2.24, 2.45) is 5.92 Å². The van der Waals surface area contributed by atoms with Gasteiger partial charge in [-0.1, -0.05) is 51.5 Å². The van der Waals surface area contributed by atoms with Crippen LogP contribution in [0.1, 0.15) is 45.0 Å². The standard InChI is InChI=1S/C8H12.C6H9NS/c1-7(2)8-5-3-4-6-8;1-5(2)6-7-3-4-8-6/h3-5,7H,6H2,1-2H3;3-5H,1-2H3. The zero-order chi connectivity index (χ0) is 12.0. The molecule has 0 aromatic carbocycles. The minimum atomic E-state index is 0.593. The van der Waals surface area contributed by atoms with E-state index in [0.29, 0.717) is 5.92 Å². The molecule has 1 aromatic rings. The second-order valence-corrected chi connectivity index (χ2v) is 5.48. The van der Waals surface area contributed by atoms with Gasteiger partial charge in [-0.25, -0.2) is 4.98 Å². The zero-order valence-electron chi connectivity index (χ0n) is 10.6. The molecule has 2 rings (SSSR count). The smallest absolute Gasteiger partial charge is 0.0950 e. The van der Waals surface area contributed by atoms with E-state index in [9.17, 15) is 0 Å². The van der Waals surface area contributed by atoms with Gasteiger partial charge in [-0.15, -0.1) is 11.3 Å². The third kappa shape index (κ3) is 4.31. The van der Waals surface area contributed by atoms with E-state index in [1.54, 1.807) is 16.9 Å². The highest BCUT2D eigenvalue weighted by Gasteiger charge is 2.01. The van der Waals surface area contributed by atoms with Crippen molar-refractivity contribution in [1.82, 2.24) is 4.98 Å². The molecule has 0 saturated heterocycles. The van der Waals surface area contributed by atoms with Gasteiger partial charge in [0.25, 0.3) is 0 Å². The summed E-state index contributed by atoms with van der Waals surface area (Å²) >= 11 is 1.72. The minimum Gasteiger partial charge on any atom is -0.249 e. The molecule has 0 bridgehead atoms. The Labute approximate surface area is 103 Å². The van der Waals surface area contributed by atoms with Crippen LogP contribution in [0.2, 0.25) is 0 Å². The Morgan fingerprint density at radius 3 is 2.19 bits per heavy atom. The highest BCUT2D eigenvalue weighted by atomic mass is 32.1. The molecule has 0 spiro atoms. The molecule has 1 aromatic heterocycles. The van der Waals surface area contributed by atoms with Crippen LogP contribution < -0.4 is 0 Å². The normalized spacial score (nSPS) is 14.0. The lowest BCUT2D eigenvalue weighted by Crippen LogP contribution is -1.88. The van der Waals surface area contributed by atoms with E-state index in [0.717, 1.165) is 5.92 Å². The van der Waals surface area contributed by atoms with E-state index >= 15 is 0 Å². The largest absolute Gasteiger partial charge is 0.249 e. The van der Waals surface area contributed by atoms with Crippen molar-refractivity contribution in [1.29, 1.82) is 0 Å². The molecule has 0 N–H and O–H groups in total. The van der Waals surface area contributed by atoms with Crippen LogP contribution in [-0.2, 0) is 0 Å². The summed E-state index contributed by atoms with van der Waals surface area (Å²) in [6.45, 7) is 8.77. The fourth-order valence-electron chi connectivity index (χ4n) is 1.41. The summed E-state index contributed by atoms with van der Waals surface area (Å²) in [5, 5.41) is 3.24. The number of hydrogen-bond donors (Lipinski definition) is 0. The van der Waals surface area contributed by atoms with Gasteiger partial charge in [0, 0.05) is 17.5 Å². The van der Waals surface area contributed by atoms with Crippen LogP contribution in [0.3, 0.4) is 0 Å². The van der Waals surface area contributed by atoms with Crippen molar-refractivity contribution in [2.75, 3.05) is 0 Å². The predicted molar refractivity (Wildman–Crippen MR) is 72.9 cm³/mol. The molecule has 1 heterocycles. The summed E-state index contributed by atoms with van der Waals surface area (Å²) in [7, 11) is 0. The van der Waals surface area contributed by atoms with Crippen molar-refractivity contribution in [3.05, 3.63) is 40.4 Å². The summed E-state index contributed by atoms with van der Waals surface area (Å²) in [6, 6.07) is 0. The fraction of sp³-hybridized carbons (Fsp3) is 0.500. The van der Waals surface area contributed by atoms with Crippen molar-refractivity contribution in [2.45, 2.75) is 40.0 Å². The van der Waals surface area contributed by atoms with E-state index in [1.807, 2.05) is 11.6 Å². The first kappa shape index (κ1) is 13.2. The van der Waals surface area contributed by atoms with Crippen molar-refractivity contribution >= 4 is 11.3 Å². The Balaban J connectivity index is 0.000000160. The van der Waals surface area contributed by atoms with Gasteiger partial charge >= 0.3 is 0 Å². The number of nitrogens with zero attached hydrogens (tertiary/aromatic N) is 1. The van der Waals surface area contributed by atoms with Gasteiger partial charge in [-0.05, 0) is 12.3 Å². The average molecular weight is 235 g/mol. The van der Waals surface area contributed by atoms with Crippen LogP contribution in [0, 0.1) is 5.92 Å². The van der Waals surface area contributed by atoms with Gasteiger partial charge in [0.15, 0.2) is 0 Å². The molecule has 1 aliphatic carbocycles. The lowest BCUT2D eigenvalue weighted by atomic mass is 10.0. The summed E-state index contributed by atoms with van der Waals surface area (Å²) in [4.78, 5) is 4.13. The lowest BCUT2D eigenvalue weighted by Gasteiger charge is -2.02. The average Bonchev–Trinajstić information content (AvgIpc) is 2.93. The zero-order valence-corrected chi connectivity index (χ0v) is 11.4. The van der Waals surface area contributed by atoms with Gasteiger partial charge in [0.2, 0.25) is 0 Å². The van der Waals surface area contributed by atoms with E-state index < -0.39 is 0 Å². The van der Waals surface area contributed by atoms with Crippen molar-refractivity contribution in [3.63, 3.8) is 0 Å². The van der Waals surface area contributed by atoms with Gasteiger partial charge in [-0.2, -0.15) is 0 Å². The molecular formula is C14H21NS. The third-order valence-corrected chi connectivity index (χ3v) is 3.56. The summed E-state index contributed by atoms with van der Waals surface area (Å²) in [5.41, 5.74) is 1.56. The third-order valence-electron chi connectivity index (χ3n) is 2.49. The van der Waals surface area contributed by atoms with Crippen LogP contribution in [-0.4, -0.2) is 4.98 Å². The predicted octanol–water partition coefficient (Wildman–Crippen LogP) is 4.80. The highest BCUT2D eigenvalue weighted by Crippen LogP contribution is 2.18. The monoisotopic (exact) mass is 235 g/mol. The Hall–Kier alpha value is -0.890. The van der Waals surface area contributed by atoms with Crippen LogP contribution in [0.25, 0.3) is 0 Å². The molecule has 1 nitrogen and oxygen atoms in total. The van der Waals surface area contributed by atoms with Crippen molar-refractivity contribution in [3.8, 4) is 0 Å². The van der Waals surface area contributed by atoms with Crippen LogP contribution >= 0.6 is 11.3 Å². The van der Waals surface area contributed by atoms with Crippen LogP contribution in [0.15, 0.2) is 35.4 Å². The molecular weight excluding hydrogens is 214 g/mol. The van der Waals surface area contributed by atoms with Crippen LogP contribution in [0.4, 0.5) is 0 Å². The molecule has 0 aliphatic heterocycles. The fourth-order valence-corrected chi connectivity index (χ4v) is 2.07. The Morgan fingerprint density at radius 1 is 1.19 bits per heavy atom. The molecule has 88 valence electrons. The topological polar surface area (TPSA) is 12.9 Å². The number of thiazole rings is 1. The summed E-state index contributed by atoms with van der Waals surface area (Å²) in [5.74, 6) is 1.33. The quantitative estimate of drug-likeness (QED) is 0.718. The first-order valence-electron chi connectivity index (χ1n) is 5.86. The van der Waals surface area contributed by atoms with E-state index in [4.69, 9.17) is 0 Å². The molecule has 2 heteroatoms. The van der Waals surface area contributed by atoms with Gasteiger partial charge in [0.1, 0.15) is 0 Å². The second-order valence-electron chi connectivity index (χ2n) is 4.55. The number of rotatable bonds is 2. The maximum absolute atomic E-state index is 4.13. The maximum Gasteiger partial charge on any atom is 0.0950 e. The maximum atomic E-state index is 4.13. The number of aromatic nitrogens is 1. The Bertz CT molecular complexity index is 345. The number of allylic oxidation sites excluding steroid dienone is 4. The van der Waals surface area contributed by atoms with E-state index in [2.05, 4.69) is 50.9 Å². The molecule has 0 atom stereocenters. The summed E-state index contributed by atoms with van der Waals surface area (Å²) < 4.78 is 0. The minimum absolute atomic E-state index is 0.593.